The standard InChI is InChI=1S/C22H29N3O3.ClH/c1-27-19-8-9-21(28-2)20(16-19)23-22(26)10-11-24-12-14-25(15-13-24)17-18-6-4-3-5-7-18;/h3-9,16H,10-15,17H2,1-2H3,(H,23,26);1H/p-1. The van der Waals surface area contributed by atoms with Gasteiger partial charge in [0.15, 0.2) is 0 Å². The van der Waals surface area contributed by atoms with Crippen molar-refractivity contribution >= 4 is 11.6 Å². The average Bonchev–Trinajstić information content (AvgIpc) is 2.74. The number of nitrogens with one attached hydrogen (secondary N) is 1. The van der Waals surface area contributed by atoms with E-state index in [9.17, 15) is 4.79 Å². The molecule has 0 saturated carbocycles. The second-order valence-corrected chi connectivity index (χ2v) is 6.97. The highest BCUT2D eigenvalue weighted by atomic mass is 35.5. The van der Waals surface area contributed by atoms with Crippen molar-refractivity contribution in [2.75, 3.05) is 52.3 Å². The molecule has 1 fully saturated rings. The van der Waals surface area contributed by atoms with Crippen LogP contribution >= 0.6 is 0 Å². The average molecular weight is 419 g/mol. The number of piperazine rings is 1. The van der Waals surface area contributed by atoms with Crippen molar-refractivity contribution in [2.24, 2.45) is 0 Å². The van der Waals surface area contributed by atoms with Gasteiger partial charge in [0.25, 0.3) is 0 Å². The van der Waals surface area contributed by atoms with Crippen LogP contribution in [-0.2, 0) is 11.3 Å². The number of nitrogens with zero attached hydrogens (tertiary/aromatic N) is 2. The maximum absolute atomic E-state index is 12.4. The molecule has 6 nitrogen and oxygen atoms in total. The van der Waals surface area contributed by atoms with E-state index in [-0.39, 0.29) is 18.3 Å². The Kier molecular flexibility index (Phi) is 9.25. The summed E-state index contributed by atoms with van der Waals surface area (Å²) in [5, 5.41) is 2.94. The Balaban J connectivity index is 0.00000300. The van der Waals surface area contributed by atoms with Gasteiger partial charge in [-0.15, -0.1) is 0 Å². The second kappa shape index (κ2) is 11.7. The molecule has 1 heterocycles. The number of hydrogen-bond donors (Lipinski definition) is 1. The van der Waals surface area contributed by atoms with Crippen molar-refractivity contribution < 1.29 is 26.7 Å². The fraction of sp³-hybridized carbons (Fsp3) is 0.409. The summed E-state index contributed by atoms with van der Waals surface area (Å²) in [5.41, 5.74) is 1.99. The van der Waals surface area contributed by atoms with Crippen LogP contribution in [0.4, 0.5) is 5.69 Å². The third-order valence-electron chi connectivity index (χ3n) is 5.05. The summed E-state index contributed by atoms with van der Waals surface area (Å²) in [6.07, 6.45) is 0.457. The number of methoxy groups -OCH3 is 2. The van der Waals surface area contributed by atoms with E-state index in [1.54, 1.807) is 26.4 Å². The molecule has 0 radical (unpaired) electrons. The first-order chi connectivity index (χ1) is 13.7. The molecule has 0 aromatic heterocycles. The molecular formula is C22H29ClN3O3-. The summed E-state index contributed by atoms with van der Waals surface area (Å²) in [5.74, 6) is 1.30. The summed E-state index contributed by atoms with van der Waals surface area (Å²) in [6, 6.07) is 15.9. The third kappa shape index (κ3) is 6.92. The number of halogens is 1. The molecule has 1 saturated heterocycles. The normalized spacial score (nSPS) is 14.7. The SMILES string of the molecule is COc1ccc(OC)c(NC(=O)CCN2CCN(Cc3ccccc3)CC2)c1.[Cl-]. The predicted molar refractivity (Wildman–Crippen MR) is 111 cm³/mol. The molecular weight excluding hydrogens is 390 g/mol. The Morgan fingerprint density at radius 3 is 2.31 bits per heavy atom. The van der Waals surface area contributed by atoms with E-state index in [1.165, 1.54) is 5.56 Å². The van der Waals surface area contributed by atoms with Crippen LogP contribution in [0.25, 0.3) is 0 Å². The minimum Gasteiger partial charge on any atom is -1.00 e. The molecule has 0 atom stereocenters. The van der Waals surface area contributed by atoms with Crippen LogP contribution < -0.4 is 27.2 Å². The van der Waals surface area contributed by atoms with E-state index in [2.05, 4.69) is 39.4 Å². The summed E-state index contributed by atoms with van der Waals surface area (Å²) in [7, 11) is 3.19. The van der Waals surface area contributed by atoms with E-state index in [0.29, 0.717) is 23.6 Å². The quantitative estimate of drug-likeness (QED) is 0.646. The van der Waals surface area contributed by atoms with Crippen molar-refractivity contribution in [3.63, 3.8) is 0 Å². The zero-order valence-corrected chi connectivity index (χ0v) is 17.8. The van der Waals surface area contributed by atoms with Gasteiger partial charge in [0.2, 0.25) is 5.91 Å². The largest absolute Gasteiger partial charge is 1.00 e. The van der Waals surface area contributed by atoms with Gasteiger partial charge in [-0.25, -0.2) is 0 Å². The lowest BCUT2D eigenvalue weighted by Crippen LogP contribution is -3.00. The van der Waals surface area contributed by atoms with Gasteiger partial charge in [0.1, 0.15) is 11.5 Å². The molecule has 1 aliphatic heterocycles. The highest BCUT2D eigenvalue weighted by Gasteiger charge is 2.18. The Morgan fingerprint density at radius 1 is 0.966 bits per heavy atom. The fourth-order valence-electron chi connectivity index (χ4n) is 3.40. The number of benzene rings is 2. The van der Waals surface area contributed by atoms with E-state index >= 15 is 0 Å². The van der Waals surface area contributed by atoms with Crippen molar-refractivity contribution in [3.05, 3.63) is 54.1 Å². The smallest absolute Gasteiger partial charge is 0.225 e. The van der Waals surface area contributed by atoms with Gasteiger partial charge in [0, 0.05) is 51.8 Å². The minimum atomic E-state index is -0.0155. The van der Waals surface area contributed by atoms with E-state index < -0.39 is 0 Å². The predicted octanol–water partition coefficient (Wildman–Crippen LogP) is -0.146. The van der Waals surface area contributed by atoms with Gasteiger partial charge in [-0.3, -0.25) is 9.69 Å². The lowest BCUT2D eigenvalue weighted by Gasteiger charge is -2.34. The maximum atomic E-state index is 12.4. The van der Waals surface area contributed by atoms with Gasteiger partial charge < -0.3 is 32.1 Å². The molecule has 3 rings (SSSR count). The Morgan fingerprint density at radius 2 is 1.66 bits per heavy atom. The van der Waals surface area contributed by atoms with Crippen LogP contribution in [0.15, 0.2) is 48.5 Å². The van der Waals surface area contributed by atoms with Gasteiger partial charge in [-0.05, 0) is 17.7 Å². The molecule has 0 unspecified atom stereocenters. The Labute approximate surface area is 179 Å². The molecule has 2 aromatic carbocycles. The van der Waals surface area contributed by atoms with Gasteiger partial charge >= 0.3 is 0 Å². The number of rotatable bonds is 8. The van der Waals surface area contributed by atoms with Crippen molar-refractivity contribution in [1.29, 1.82) is 0 Å². The summed E-state index contributed by atoms with van der Waals surface area (Å²) in [6.45, 7) is 5.79. The van der Waals surface area contributed by atoms with Crippen LogP contribution in [0.1, 0.15) is 12.0 Å². The van der Waals surface area contributed by atoms with E-state index in [4.69, 9.17) is 9.47 Å². The lowest BCUT2D eigenvalue weighted by molar-refractivity contribution is -0.116. The first-order valence-electron chi connectivity index (χ1n) is 9.68. The first kappa shape index (κ1) is 23.0. The molecule has 7 heteroatoms. The topological polar surface area (TPSA) is 54.0 Å². The number of carbonyl (C=O) groups is 1. The zero-order chi connectivity index (χ0) is 19.8. The molecule has 0 bridgehead atoms. The molecule has 1 amide bonds. The van der Waals surface area contributed by atoms with Crippen LogP contribution in [0.5, 0.6) is 11.5 Å². The number of anilines is 1. The fourth-order valence-corrected chi connectivity index (χ4v) is 3.40. The maximum Gasteiger partial charge on any atom is 0.225 e. The van der Waals surface area contributed by atoms with Crippen molar-refractivity contribution in [2.45, 2.75) is 13.0 Å². The van der Waals surface area contributed by atoms with Crippen molar-refractivity contribution in [1.82, 2.24) is 9.80 Å². The van der Waals surface area contributed by atoms with Gasteiger partial charge in [-0.1, -0.05) is 30.3 Å². The molecule has 1 N–H and O–H groups in total. The van der Waals surface area contributed by atoms with Crippen LogP contribution in [0.2, 0.25) is 0 Å². The number of amides is 1. The zero-order valence-electron chi connectivity index (χ0n) is 17.1. The Bertz CT molecular complexity index is 765. The number of hydrogen-bond acceptors (Lipinski definition) is 5. The second-order valence-electron chi connectivity index (χ2n) is 6.97. The lowest BCUT2D eigenvalue weighted by atomic mass is 10.2. The van der Waals surface area contributed by atoms with Crippen LogP contribution in [0.3, 0.4) is 0 Å². The highest BCUT2D eigenvalue weighted by molar-refractivity contribution is 5.92. The van der Waals surface area contributed by atoms with Gasteiger partial charge in [-0.2, -0.15) is 0 Å². The van der Waals surface area contributed by atoms with Gasteiger partial charge in [0.05, 0.1) is 19.9 Å². The monoisotopic (exact) mass is 418 g/mol. The minimum absolute atomic E-state index is 0. The Hall–Kier alpha value is -2.28. The molecule has 0 aliphatic carbocycles. The first-order valence-corrected chi connectivity index (χ1v) is 9.68. The molecule has 1 aliphatic rings. The van der Waals surface area contributed by atoms with Crippen molar-refractivity contribution in [3.8, 4) is 11.5 Å². The third-order valence-corrected chi connectivity index (χ3v) is 5.05. The number of ether oxygens (including phenoxy) is 2. The number of carbonyl (C=O) groups excluding carboxylic acids is 1. The summed E-state index contributed by atoms with van der Waals surface area (Å²) < 4.78 is 10.5. The molecule has 29 heavy (non-hydrogen) atoms. The van der Waals surface area contributed by atoms with E-state index in [0.717, 1.165) is 39.3 Å². The summed E-state index contributed by atoms with van der Waals surface area (Å²) in [4.78, 5) is 17.2. The van der Waals surface area contributed by atoms with Crippen LogP contribution in [0, 0.1) is 0 Å². The molecule has 158 valence electrons. The van der Waals surface area contributed by atoms with Crippen LogP contribution in [-0.4, -0.2) is 62.7 Å². The molecule has 0 spiro atoms. The molecule has 2 aromatic rings. The highest BCUT2D eigenvalue weighted by Crippen LogP contribution is 2.28. The summed E-state index contributed by atoms with van der Waals surface area (Å²) >= 11 is 0. The van der Waals surface area contributed by atoms with E-state index in [1.807, 2.05) is 12.1 Å².